The number of likely N-dealkylation sites (tertiary alicyclic amines) is 1. The lowest BCUT2D eigenvalue weighted by Gasteiger charge is -2.29. The zero-order valence-electron chi connectivity index (χ0n) is 9.54. The lowest BCUT2D eigenvalue weighted by Crippen LogP contribution is -2.42. The van der Waals surface area contributed by atoms with Gasteiger partial charge in [-0.1, -0.05) is 0 Å². The van der Waals surface area contributed by atoms with Crippen LogP contribution >= 0.6 is 0 Å². The number of β-amino-alcohol motifs (C(OH)–C–C–N with tert-alkyl or cyclic N) is 1. The summed E-state index contributed by atoms with van der Waals surface area (Å²) in [6.07, 6.45) is 4.58. The van der Waals surface area contributed by atoms with Gasteiger partial charge in [-0.05, 0) is 25.5 Å². The summed E-state index contributed by atoms with van der Waals surface area (Å²) in [5.41, 5.74) is 0. The molecule has 1 atom stereocenters. The first-order chi connectivity index (χ1) is 8.24. The van der Waals surface area contributed by atoms with Crippen LogP contribution in [0.4, 0.5) is 5.95 Å². The Morgan fingerprint density at radius 3 is 3.00 bits per heavy atom. The van der Waals surface area contributed by atoms with Crippen LogP contribution in [0.15, 0.2) is 18.5 Å². The molecule has 2 heterocycles. The van der Waals surface area contributed by atoms with Gasteiger partial charge in [-0.25, -0.2) is 9.97 Å². The van der Waals surface area contributed by atoms with E-state index < -0.39 is 0 Å². The second-order valence-electron chi connectivity index (χ2n) is 4.15. The van der Waals surface area contributed by atoms with E-state index in [9.17, 15) is 9.90 Å². The van der Waals surface area contributed by atoms with Gasteiger partial charge in [-0.3, -0.25) is 15.0 Å². The minimum Gasteiger partial charge on any atom is -0.392 e. The second-order valence-corrected chi connectivity index (χ2v) is 4.15. The van der Waals surface area contributed by atoms with Crippen molar-refractivity contribution in [3.8, 4) is 0 Å². The molecule has 1 aliphatic heterocycles. The van der Waals surface area contributed by atoms with Gasteiger partial charge in [-0.2, -0.15) is 0 Å². The molecule has 1 aromatic heterocycles. The monoisotopic (exact) mass is 236 g/mol. The van der Waals surface area contributed by atoms with Crippen molar-refractivity contribution in [2.75, 3.05) is 25.0 Å². The molecular formula is C11H16N4O2. The molecular weight excluding hydrogens is 220 g/mol. The molecule has 1 aromatic rings. The van der Waals surface area contributed by atoms with Crippen molar-refractivity contribution >= 4 is 11.9 Å². The van der Waals surface area contributed by atoms with Gasteiger partial charge < -0.3 is 5.11 Å². The molecule has 92 valence electrons. The fourth-order valence-electron chi connectivity index (χ4n) is 1.91. The number of aliphatic hydroxyl groups is 1. The summed E-state index contributed by atoms with van der Waals surface area (Å²) in [4.78, 5) is 21.4. The van der Waals surface area contributed by atoms with E-state index in [4.69, 9.17) is 0 Å². The van der Waals surface area contributed by atoms with E-state index in [2.05, 4.69) is 15.3 Å². The number of amides is 1. The summed E-state index contributed by atoms with van der Waals surface area (Å²) in [7, 11) is 0. The third kappa shape index (κ3) is 3.76. The average Bonchev–Trinajstić information content (AvgIpc) is 2.30. The number of aromatic nitrogens is 2. The van der Waals surface area contributed by atoms with Crippen LogP contribution in [0.5, 0.6) is 0 Å². The number of hydrogen-bond acceptors (Lipinski definition) is 5. The second kappa shape index (κ2) is 5.70. The highest BCUT2D eigenvalue weighted by atomic mass is 16.3. The van der Waals surface area contributed by atoms with Gasteiger partial charge in [0, 0.05) is 18.9 Å². The number of piperidine rings is 1. The molecule has 1 fully saturated rings. The molecule has 0 aliphatic carbocycles. The molecule has 1 unspecified atom stereocenters. The van der Waals surface area contributed by atoms with Gasteiger partial charge in [0.05, 0.1) is 12.6 Å². The third-order valence-electron chi connectivity index (χ3n) is 2.66. The van der Waals surface area contributed by atoms with Gasteiger partial charge >= 0.3 is 0 Å². The van der Waals surface area contributed by atoms with Crippen LogP contribution in [0.1, 0.15) is 12.8 Å². The zero-order valence-corrected chi connectivity index (χ0v) is 9.54. The van der Waals surface area contributed by atoms with E-state index >= 15 is 0 Å². The summed E-state index contributed by atoms with van der Waals surface area (Å²) in [5.74, 6) is 0.167. The molecule has 0 radical (unpaired) electrons. The Kier molecular flexibility index (Phi) is 4.00. The van der Waals surface area contributed by atoms with E-state index in [0.717, 1.165) is 19.4 Å². The summed E-state index contributed by atoms with van der Waals surface area (Å²) >= 11 is 0. The molecule has 0 saturated carbocycles. The molecule has 0 aromatic carbocycles. The van der Waals surface area contributed by atoms with Crippen LogP contribution in [0.2, 0.25) is 0 Å². The lowest BCUT2D eigenvalue weighted by atomic mass is 10.1. The fourth-order valence-corrected chi connectivity index (χ4v) is 1.91. The number of nitrogens with one attached hydrogen (secondary N) is 1. The van der Waals surface area contributed by atoms with Crippen LogP contribution in [-0.2, 0) is 4.79 Å². The predicted octanol–water partition coefficient (Wildman–Crippen LogP) is -0.128. The highest BCUT2D eigenvalue weighted by molar-refractivity contribution is 5.90. The van der Waals surface area contributed by atoms with Crippen molar-refractivity contribution in [1.29, 1.82) is 0 Å². The van der Waals surface area contributed by atoms with E-state index in [1.54, 1.807) is 18.5 Å². The Balaban J connectivity index is 1.81. The molecule has 1 aliphatic rings. The summed E-state index contributed by atoms with van der Waals surface area (Å²) in [6.45, 7) is 1.68. The highest BCUT2D eigenvalue weighted by Crippen LogP contribution is 2.09. The molecule has 2 N–H and O–H groups in total. The first-order valence-electron chi connectivity index (χ1n) is 5.71. The van der Waals surface area contributed by atoms with E-state index in [0.29, 0.717) is 12.5 Å². The smallest absolute Gasteiger partial charge is 0.240 e. The number of rotatable bonds is 3. The normalized spacial score (nSPS) is 21.1. The van der Waals surface area contributed by atoms with Gasteiger partial charge in [0.1, 0.15) is 0 Å². The van der Waals surface area contributed by atoms with Crippen LogP contribution in [0.25, 0.3) is 0 Å². The average molecular weight is 236 g/mol. The Hall–Kier alpha value is -1.53. The lowest BCUT2D eigenvalue weighted by molar-refractivity contribution is -0.118. The van der Waals surface area contributed by atoms with Crippen molar-refractivity contribution in [3.63, 3.8) is 0 Å². The number of carbonyl (C=O) groups is 1. The standard InChI is InChI=1S/C11H16N4O2/c16-9-3-1-6-15(7-9)8-10(17)14-11-12-4-2-5-13-11/h2,4-5,9,16H,1,3,6-8H2,(H,12,13,14,17). The van der Waals surface area contributed by atoms with Gasteiger partial charge in [0.2, 0.25) is 11.9 Å². The number of anilines is 1. The Labute approximate surface area is 99.7 Å². The van der Waals surface area contributed by atoms with Crippen molar-refractivity contribution in [3.05, 3.63) is 18.5 Å². The summed E-state index contributed by atoms with van der Waals surface area (Å²) < 4.78 is 0. The number of carbonyl (C=O) groups excluding carboxylic acids is 1. The van der Waals surface area contributed by atoms with Crippen LogP contribution in [0, 0.1) is 0 Å². The van der Waals surface area contributed by atoms with E-state index in [-0.39, 0.29) is 18.6 Å². The first-order valence-corrected chi connectivity index (χ1v) is 5.71. The maximum Gasteiger partial charge on any atom is 0.240 e. The highest BCUT2D eigenvalue weighted by Gasteiger charge is 2.19. The number of aliphatic hydroxyl groups excluding tert-OH is 1. The Morgan fingerprint density at radius 2 is 2.29 bits per heavy atom. The van der Waals surface area contributed by atoms with E-state index in [1.807, 2.05) is 4.90 Å². The molecule has 1 saturated heterocycles. The fraction of sp³-hybridized carbons (Fsp3) is 0.545. The van der Waals surface area contributed by atoms with Gasteiger partial charge in [0.15, 0.2) is 0 Å². The molecule has 6 nitrogen and oxygen atoms in total. The quantitative estimate of drug-likeness (QED) is 0.764. The van der Waals surface area contributed by atoms with Crippen molar-refractivity contribution in [1.82, 2.24) is 14.9 Å². The predicted molar refractivity (Wildman–Crippen MR) is 62.3 cm³/mol. The van der Waals surface area contributed by atoms with E-state index in [1.165, 1.54) is 0 Å². The zero-order chi connectivity index (χ0) is 12.1. The van der Waals surface area contributed by atoms with Crippen LogP contribution in [-0.4, -0.2) is 51.6 Å². The van der Waals surface area contributed by atoms with Crippen LogP contribution in [0.3, 0.4) is 0 Å². The van der Waals surface area contributed by atoms with Crippen molar-refractivity contribution in [2.24, 2.45) is 0 Å². The topological polar surface area (TPSA) is 78.4 Å². The summed E-state index contributed by atoms with van der Waals surface area (Å²) in [6, 6.07) is 1.69. The van der Waals surface area contributed by atoms with Crippen molar-refractivity contribution < 1.29 is 9.90 Å². The van der Waals surface area contributed by atoms with Gasteiger partial charge in [-0.15, -0.1) is 0 Å². The molecule has 2 rings (SSSR count). The SMILES string of the molecule is O=C(CN1CCCC(O)C1)Nc1ncccn1. The van der Waals surface area contributed by atoms with Crippen molar-refractivity contribution in [2.45, 2.75) is 18.9 Å². The number of nitrogens with zero attached hydrogens (tertiary/aromatic N) is 3. The molecule has 17 heavy (non-hydrogen) atoms. The maximum atomic E-state index is 11.7. The maximum absolute atomic E-state index is 11.7. The molecule has 1 amide bonds. The third-order valence-corrected chi connectivity index (χ3v) is 2.66. The van der Waals surface area contributed by atoms with Crippen LogP contribution < -0.4 is 5.32 Å². The Bertz CT molecular complexity index is 371. The minimum absolute atomic E-state index is 0.148. The van der Waals surface area contributed by atoms with Gasteiger partial charge in [0.25, 0.3) is 0 Å². The molecule has 0 spiro atoms. The Morgan fingerprint density at radius 1 is 1.53 bits per heavy atom. The number of hydrogen-bond donors (Lipinski definition) is 2. The summed E-state index contributed by atoms with van der Waals surface area (Å²) in [5, 5.41) is 12.1. The first kappa shape index (κ1) is 11.9. The molecule has 6 heteroatoms. The minimum atomic E-state index is -0.315. The molecule has 0 bridgehead atoms. The largest absolute Gasteiger partial charge is 0.392 e.